The lowest BCUT2D eigenvalue weighted by molar-refractivity contribution is -0.302. The Morgan fingerprint density at radius 1 is 0.682 bits per heavy atom. The Balaban J connectivity index is 2.35. The predicted molar refractivity (Wildman–Crippen MR) is 175 cm³/mol. The molecule has 0 saturated carbocycles. The zero-order valence-corrected chi connectivity index (χ0v) is 28.2. The lowest BCUT2D eigenvalue weighted by Crippen LogP contribution is -2.60. The van der Waals surface area contributed by atoms with Crippen LogP contribution in [-0.4, -0.2) is 87.5 Å². The van der Waals surface area contributed by atoms with Crippen LogP contribution in [-0.2, 0) is 14.3 Å². The molecule has 6 N–H and O–H groups in total. The number of hydrogen-bond donors (Lipinski definition) is 6. The number of unbranched alkanes of at least 4 members (excludes halogenated alkanes) is 19. The van der Waals surface area contributed by atoms with Gasteiger partial charge in [0.15, 0.2) is 6.29 Å². The highest BCUT2D eigenvalue weighted by molar-refractivity contribution is 5.76. The third kappa shape index (κ3) is 19.0. The van der Waals surface area contributed by atoms with Crippen LogP contribution in [0.5, 0.6) is 0 Å². The summed E-state index contributed by atoms with van der Waals surface area (Å²) in [6.07, 6.45) is 18.5. The van der Waals surface area contributed by atoms with Gasteiger partial charge in [-0.25, -0.2) is 0 Å². The predicted octanol–water partition coefficient (Wildman–Crippen LogP) is 5.66. The van der Waals surface area contributed by atoms with Gasteiger partial charge in [-0.15, -0.1) is 0 Å². The SMILES string of the molecule is CCCCCCCCCCCCCCCCCC(=O)NC(COC1OC(CO)C(O)C(O)C1O)C(O)CCCCCCCC. The van der Waals surface area contributed by atoms with Gasteiger partial charge in [-0.2, -0.15) is 0 Å². The van der Waals surface area contributed by atoms with E-state index in [0.717, 1.165) is 38.5 Å². The van der Waals surface area contributed by atoms with E-state index in [2.05, 4.69) is 19.2 Å². The molecule has 0 aromatic rings. The van der Waals surface area contributed by atoms with Crippen LogP contribution in [0.15, 0.2) is 0 Å². The first-order valence-electron chi connectivity index (χ1n) is 18.2. The third-order valence-electron chi connectivity index (χ3n) is 8.96. The fraction of sp³-hybridized carbons (Fsp3) is 0.971. The Morgan fingerprint density at radius 2 is 1.14 bits per heavy atom. The lowest BCUT2D eigenvalue weighted by Gasteiger charge is -2.40. The van der Waals surface area contributed by atoms with Crippen molar-refractivity contribution < 1.29 is 39.8 Å². The Kier molecular flexibility index (Phi) is 25.6. The van der Waals surface area contributed by atoms with Gasteiger partial charge in [0.05, 0.1) is 25.4 Å². The number of aliphatic hydroxyl groups excluding tert-OH is 5. The van der Waals surface area contributed by atoms with Crippen molar-refractivity contribution in [3.63, 3.8) is 0 Å². The number of amides is 1. The van der Waals surface area contributed by atoms with Gasteiger partial charge in [0.2, 0.25) is 5.91 Å². The summed E-state index contributed by atoms with van der Waals surface area (Å²) in [4.78, 5) is 12.8. The first-order chi connectivity index (χ1) is 21.3. The first-order valence-corrected chi connectivity index (χ1v) is 18.2. The van der Waals surface area contributed by atoms with Gasteiger partial charge in [-0.3, -0.25) is 4.79 Å². The number of carbonyl (C=O) groups is 1. The number of rotatable bonds is 29. The van der Waals surface area contributed by atoms with Crippen LogP contribution in [0.4, 0.5) is 0 Å². The van der Waals surface area contributed by atoms with Crippen molar-refractivity contribution >= 4 is 5.91 Å². The second kappa shape index (κ2) is 27.3. The summed E-state index contributed by atoms with van der Waals surface area (Å²) >= 11 is 0. The van der Waals surface area contributed by atoms with Gasteiger partial charge in [0.1, 0.15) is 24.4 Å². The normalized spacial score (nSPS) is 23.5. The molecule has 44 heavy (non-hydrogen) atoms. The zero-order chi connectivity index (χ0) is 32.4. The summed E-state index contributed by atoms with van der Waals surface area (Å²) < 4.78 is 11.1. The van der Waals surface area contributed by atoms with Gasteiger partial charge in [0.25, 0.3) is 0 Å². The molecule has 1 aliphatic rings. The fourth-order valence-corrected chi connectivity index (χ4v) is 5.92. The maximum Gasteiger partial charge on any atom is 0.220 e. The first kappa shape index (κ1) is 41.2. The molecule has 1 aliphatic heterocycles. The van der Waals surface area contributed by atoms with Crippen molar-refractivity contribution in [3.8, 4) is 0 Å². The largest absolute Gasteiger partial charge is 0.394 e. The number of ether oxygens (including phenoxy) is 2. The molecule has 7 unspecified atom stereocenters. The fourth-order valence-electron chi connectivity index (χ4n) is 5.92. The molecule has 262 valence electrons. The molecular weight excluding hydrogens is 562 g/mol. The summed E-state index contributed by atoms with van der Waals surface area (Å²) in [5, 5.41) is 53.7. The third-order valence-corrected chi connectivity index (χ3v) is 8.96. The maximum atomic E-state index is 12.8. The number of aliphatic hydroxyl groups is 5. The van der Waals surface area contributed by atoms with Gasteiger partial charge < -0.3 is 40.3 Å². The lowest BCUT2D eigenvalue weighted by atomic mass is 9.99. The van der Waals surface area contributed by atoms with Gasteiger partial charge in [0, 0.05) is 6.42 Å². The minimum atomic E-state index is -1.54. The minimum absolute atomic E-state index is 0.135. The van der Waals surface area contributed by atoms with Crippen LogP contribution >= 0.6 is 0 Å². The van der Waals surface area contributed by atoms with Crippen LogP contribution in [0.1, 0.15) is 162 Å². The molecule has 0 bridgehead atoms. The van der Waals surface area contributed by atoms with Crippen molar-refractivity contribution in [3.05, 3.63) is 0 Å². The molecule has 0 spiro atoms. The van der Waals surface area contributed by atoms with E-state index < -0.39 is 49.5 Å². The van der Waals surface area contributed by atoms with E-state index in [1.807, 2.05) is 0 Å². The van der Waals surface area contributed by atoms with E-state index in [1.165, 1.54) is 96.3 Å². The molecule has 1 heterocycles. The number of nitrogens with one attached hydrogen (secondary N) is 1. The average molecular weight is 632 g/mol. The highest BCUT2D eigenvalue weighted by Gasteiger charge is 2.44. The van der Waals surface area contributed by atoms with Gasteiger partial charge >= 0.3 is 0 Å². The monoisotopic (exact) mass is 632 g/mol. The molecule has 1 fully saturated rings. The summed E-state index contributed by atoms with van der Waals surface area (Å²) in [5.41, 5.74) is 0. The summed E-state index contributed by atoms with van der Waals surface area (Å²) in [7, 11) is 0. The van der Waals surface area contributed by atoms with E-state index >= 15 is 0 Å². The second-order valence-electron chi connectivity index (χ2n) is 13.0. The molecule has 1 rings (SSSR count). The summed E-state index contributed by atoms with van der Waals surface area (Å²) in [5.74, 6) is -0.149. The quantitative estimate of drug-likeness (QED) is 0.0580. The average Bonchev–Trinajstić information content (AvgIpc) is 3.02. The topological polar surface area (TPSA) is 149 Å². The standard InChI is InChI=1S/C35H69NO8/c1-3-5-7-9-11-12-13-14-15-16-17-18-19-21-23-25-31(39)36-28(29(38)24-22-20-10-8-6-4-2)27-43-35-34(42)33(41)32(40)30(26-37)44-35/h28-30,32-35,37-38,40-42H,3-27H2,1-2H3,(H,36,39). The van der Waals surface area contributed by atoms with E-state index in [1.54, 1.807) is 0 Å². The molecule has 0 aromatic heterocycles. The van der Waals surface area contributed by atoms with Crippen LogP contribution in [0.25, 0.3) is 0 Å². The van der Waals surface area contributed by atoms with Crippen LogP contribution in [0.2, 0.25) is 0 Å². The molecule has 0 aromatic carbocycles. The Labute approximate surface area is 268 Å². The highest BCUT2D eigenvalue weighted by Crippen LogP contribution is 2.23. The van der Waals surface area contributed by atoms with Gasteiger partial charge in [-0.1, -0.05) is 142 Å². The molecular formula is C35H69NO8. The second-order valence-corrected chi connectivity index (χ2v) is 13.0. The summed E-state index contributed by atoms with van der Waals surface area (Å²) in [6, 6.07) is -0.707. The molecule has 0 radical (unpaired) electrons. The van der Waals surface area contributed by atoms with E-state index in [9.17, 15) is 30.3 Å². The van der Waals surface area contributed by atoms with Crippen LogP contribution in [0, 0.1) is 0 Å². The van der Waals surface area contributed by atoms with E-state index in [4.69, 9.17) is 9.47 Å². The van der Waals surface area contributed by atoms with E-state index in [0.29, 0.717) is 12.8 Å². The number of hydrogen-bond acceptors (Lipinski definition) is 8. The van der Waals surface area contributed by atoms with Crippen molar-refractivity contribution in [1.29, 1.82) is 0 Å². The van der Waals surface area contributed by atoms with Crippen molar-refractivity contribution in [2.24, 2.45) is 0 Å². The molecule has 1 amide bonds. The smallest absolute Gasteiger partial charge is 0.220 e. The zero-order valence-electron chi connectivity index (χ0n) is 28.2. The highest BCUT2D eigenvalue weighted by atomic mass is 16.7. The molecule has 0 aliphatic carbocycles. The van der Waals surface area contributed by atoms with Crippen LogP contribution in [0.3, 0.4) is 0 Å². The van der Waals surface area contributed by atoms with Crippen LogP contribution < -0.4 is 5.32 Å². The van der Waals surface area contributed by atoms with E-state index in [-0.39, 0.29) is 12.5 Å². The Bertz CT molecular complexity index is 667. The van der Waals surface area contributed by atoms with Crippen molar-refractivity contribution in [2.45, 2.75) is 204 Å². The Hall–Kier alpha value is -0.810. The maximum absolute atomic E-state index is 12.8. The number of carbonyl (C=O) groups excluding carboxylic acids is 1. The van der Waals surface area contributed by atoms with Gasteiger partial charge in [-0.05, 0) is 12.8 Å². The minimum Gasteiger partial charge on any atom is -0.394 e. The van der Waals surface area contributed by atoms with Crippen molar-refractivity contribution in [1.82, 2.24) is 5.32 Å². The van der Waals surface area contributed by atoms with Crippen molar-refractivity contribution in [2.75, 3.05) is 13.2 Å². The molecule has 9 heteroatoms. The molecule has 7 atom stereocenters. The summed E-state index contributed by atoms with van der Waals surface area (Å²) in [6.45, 7) is 3.75. The molecule has 9 nitrogen and oxygen atoms in total. The Morgan fingerprint density at radius 3 is 1.61 bits per heavy atom. The molecule has 1 saturated heterocycles.